The fraction of sp³-hybridized carbons (Fsp3) is 0.625. The molecule has 2 rings (SSSR count). The third-order valence-corrected chi connectivity index (χ3v) is 3.52. The zero-order chi connectivity index (χ0) is 13.5. The number of hydrogen-bond donors (Lipinski definition) is 1. The van der Waals surface area contributed by atoms with Gasteiger partial charge in [0.2, 0.25) is 0 Å². The van der Waals surface area contributed by atoms with E-state index >= 15 is 0 Å². The van der Waals surface area contributed by atoms with Crippen LogP contribution >= 0.6 is 0 Å². The SMILES string of the molecule is Cc1cc(C)cc(OCCCN2CCCNCC2)c1. The van der Waals surface area contributed by atoms with Gasteiger partial charge in [-0.2, -0.15) is 0 Å². The van der Waals surface area contributed by atoms with Gasteiger partial charge in [0.25, 0.3) is 0 Å². The second-order valence-corrected chi connectivity index (χ2v) is 5.47. The van der Waals surface area contributed by atoms with Crippen molar-refractivity contribution in [1.29, 1.82) is 0 Å². The normalized spacial score (nSPS) is 17.2. The second kappa shape index (κ2) is 7.51. The van der Waals surface area contributed by atoms with E-state index < -0.39 is 0 Å². The molecule has 0 spiro atoms. The summed E-state index contributed by atoms with van der Waals surface area (Å²) in [4.78, 5) is 2.53. The number of rotatable bonds is 5. The molecule has 3 nitrogen and oxygen atoms in total. The molecule has 106 valence electrons. The van der Waals surface area contributed by atoms with E-state index in [9.17, 15) is 0 Å². The Bertz CT molecular complexity index is 364. The summed E-state index contributed by atoms with van der Waals surface area (Å²) in [5.41, 5.74) is 2.54. The Morgan fingerprint density at radius 2 is 1.89 bits per heavy atom. The highest BCUT2D eigenvalue weighted by Gasteiger charge is 2.07. The Hall–Kier alpha value is -1.06. The zero-order valence-corrected chi connectivity index (χ0v) is 12.2. The second-order valence-electron chi connectivity index (χ2n) is 5.47. The molecule has 0 amide bonds. The smallest absolute Gasteiger partial charge is 0.119 e. The van der Waals surface area contributed by atoms with Gasteiger partial charge in [-0.05, 0) is 63.0 Å². The summed E-state index contributed by atoms with van der Waals surface area (Å²) in [7, 11) is 0. The molecule has 19 heavy (non-hydrogen) atoms. The van der Waals surface area contributed by atoms with Crippen LogP contribution in [0.25, 0.3) is 0 Å². The summed E-state index contributed by atoms with van der Waals surface area (Å²) in [6.45, 7) is 10.9. The third kappa shape index (κ3) is 5.21. The minimum atomic E-state index is 0.812. The lowest BCUT2D eigenvalue weighted by Gasteiger charge is -2.19. The van der Waals surface area contributed by atoms with E-state index in [4.69, 9.17) is 4.74 Å². The molecule has 1 heterocycles. The predicted octanol–water partition coefficient (Wildman–Crippen LogP) is 2.37. The third-order valence-electron chi connectivity index (χ3n) is 3.52. The van der Waals surface area contributed by atoms with Crippen LogP contribution in [0.15, 0.2) is 18.2 Å². The zero-order valence-electron chi connectivity index (χ0n) is 12.2. The van der Waals surface area contributed by atoms with Gasteiger partial charge < -0.3 is 15.0 Å². The molecule has 1 aliphatic heterocycles. The van der Waals surface area contributed by atoms with Crippen LogP contribution in [0.1, 0.15) is 24.0 Å². The quantitative estimate of drug-likeness (QED) is 0.825. The van der Waals surface area contributed by atoms with Gasteiger partial charge in [0.15, 0.2) is 0 Å². The highest BCUT2D eigenvalue weighted by Crippen LogP contribution is 2.16. The highest BCUT2D eigenvalue weighted by molar-refractivity contribution is 5.32. The number of nitrogens with zero attached hydrogens (tertiary/aromatic N) is 1. The molecule has 1 aromatic rings. The molecule has 3 heteroatoms. The Morgan fingerprint density at radius 3 is 2.68 bits per heavy atom. The summed E-state index contributed by atoms with van der Waals surface area (Å²) in [5.74, 6) is 1.01. The van der Waals surface area contributed by atoms with Crippen LogP contribution in [0.3, 0.4) is 0 Å². The van der Waals surface area contributed by atoms with Crippen LogP contribution in [-0.4, -0.2) is 44.2 Å². The molecule has 1 fully saturated rings. The van der Waals surface area contributed by atoms with Gasteiger partial charge >= 0.3 is 0 Å². The van der Waals surface area contributed by atoms with Gasteiger partial charge in [0.05, 0.1) is 6.61 Å². The maximum atomic E-state index is 5.85. The molecular formula is C16H26N2O. The van der Waals surface area contributed by atoms with Crippen molar-refractivity contribution in [3.8, 4) is 5.75 Å². The minimum Gasteiger partial charge on any atom is -0.494 e. The number of ether oxygens (including phenoxy) is 1. The maximum absolute atomic E-state index is 5.85. The lowest BCUT2D eigenvalue weighted by Crippen LogP contribution is -2.29. The highest BCUT2D eigenvalue weighted by atomic mass is 16.5. The van der Waals surface area contributed by atoms with Crippen LogP contribution in [-0.2, 0) is 0 Å². The summed E-state index contributed by atoms with van der Waals surface area (Å²) >= 11 is 0. The number of aryl methyl sites for hydroxylation is 2. The number of hydrogen-bond acceptors (Lipinski definition) is 3. The molecular weight excluding hydrogens is 236 g/mol. The monoisotopic (exact) mass is 262 g/mol. The first kappa shape index (κ1) is 14.4. The molecule has 1 aliphatic rings. The molecule has 1 saturated heterocycles. The molecule has 0 aromatic heterocycles. The molecule has 0 saturated carbocycles. The van der Waals surface area contributed by atoms with Crippen molar-refractivity contribution >= 4 is 0 Å². The van der Waals surface area contributed by atoms with Crippen LogP contribution in [0, 0.1) is 13.8 Å². The van der Waals surface area contributed by atoms with Crippen molar-refractivity contribution in [3.63, 3.8) is 0 Å². The van der Waals surface area contributed by atoms with Crippen molar-refractivity contribution in [2.45, 2.75) is 26.7 Å². The summed E-state index contributed by atoms with van der Waals surface area (Å²) < 4.78 is 5.85. The lowest BCUT2D eigenvalue weighted by atomic mass is 10.1. The fourth-order valence-electron chi connectivity index (χ4n) is 2.62. The minimum absolute atomic E-state index is 0.812. The molecule has 1 aromatic carbocycles. The van der Waals surface area contributed by atoms with Gasteiger partial charge in [-0.3, -0.25) is 0 Å². The molecule has 0 bridgehead atoms. The lowest BCUT2D eigenvalue weighted by molar-refractivity contribution is 0.243. The van der Waals surface area contributed by atoms with E-state index in [2.05, 4.69) is 42.3 Å². The summed E-state index contributed by atoms with van der Waals surface area (Å²) in [6.07, 6.45) is 2.37. The standard InChI is InChI=1S/C16H26N2O/c1-14-11-15(2)13-16(12-14)19-10-4-8-18-7-3-5-17-6-9-18/h11-13,17H,3-10H2,1-2H3. The van der Waals surface area contributed by atoms with Gasteiger partial charge in [0, 0.05) is 19.6 Å². The molecule has 0 atom stereocenters. The Labute approximate surface area is 116 Å². The van der Waals surface area contributed by atoms with Gasteiger partial charge in [-0.1, -0.05) is 6.07 Å². The largest absolute Gasteiger partial charge is 0.494 e. The van der Waals surface area contributed by atoms with Crippen LogP contribution in [0.2, 0.25) is 0 Å². The van der Waals surface area contributed by atoms with Crippen molar-refractivity contribution in [2.24, 2.45) is 0 Å². The predicted molar refractivity (Wildman–Crippen MR) is 80.0 cm³/mol. The Balaban J connectivity index is 1.68. The Kier molecular flexibility index (Phi) is 5.67. The summed E-state index contributed by atoms with van der Waals surface area (Å²) in [5, 5.41) is 3.43. The average molecular weight is 262 g/mol. The first-order chi connectivity index (χ1) is 9.24. The van der Waals surface area contributed by atoms with Crippen LogP contribution < -0.4 is 10.1 Å². The van der Waals surface area contributed by atoms with Gasteiger partial charge in [-0.25, -0.2) is 0 Å². The van der Waals surface area contributed by atoms with Crippen molar-refractivity contribution < 1.29 is 4.74 Å². The van der Waals surface area contributed by atoms with E-state index in [1.54, 1.807) is 0 Å². The van der Waals surface area contributed by atoms with E-state index in [0.29, 0.717) is 0 Å². The van der Waals surface area contributed by atoms with E-state index in [1.165, 1.54) is 30.6 Å². The average Bonchev–Trinajstić information content (AvgIpc) is 2.62. The van der Waals surface area contributed by atoms with Crippen LogP contribution in [0.5, 0.6) is 5.75 Å². The number of benzene rings is 1. The van der Waals surface area contributed by atoms with E-state index in [0.717, 1.165) is 38.4 Å². The first-order valence-corrected chi connectivity index (χ1v) is 7.38. The van der Waals surface area contributed by atoms with Crippen molar-refractivity contribution in [2.75, 3.05) is 39.3 Å². The van der Waals surface area contributed by atoms with Crippen LogP contribution in [0.4, 0.5) is 0 Å². The fourth-order valence-corrected chi connectivity index (χ4v) is 2.62. The Morgan fingerprint density at radius 1 is 1.11 bits per heavy atom. The molecule has 0 aliphatic carbocycles. The van der Waals surface area contributed by atoms with Crippen molar-refractivity contribution in [1.82, 2.24) is 10.2 Å². The molecule has 0 unspecified atom stereocenters. The van der Waals surface area contributed by atoms with Gasteiger partial charge in [0.1, 0.15) is 5.75 Å². The molecule has 1 N–H and O–H groups in total. The van der Waals surface area contributed by atoms with E-state index in [1.807, 2.05) is 0 Å². The first-order valence-electron chi connectivity index (χ1n) is 7.38. The van der Waals surface area contributed by atoms with E-state index in [-0.39, 0.29) is 0 Å². The topological polar surface area (TPSA) is 24.5 Å². The van der Waals surface area contributed by atoms with Gasteiger partial charge in [-0.15, -0.1) is 0 Å². The maximum Gasteiger partial charge on any atom is 0.119 e. The number of nitrogens with one attached hydrogen (secondary N) is 1. The van der Waals surface area contributed by atoms with Crippen molar-refractivity contribution in [3.05, 3.63) is 29.3 Å². The summed E-state index contributed by atoms with van der Waals surface area (Å²) in [6, 6.07) is 6.41. The molecule has 0 radical (unpaired) electrons.